The number of carbonyl (C=O) groups excluding carboxylic acids is 2. The van der Waals surface area contributed by atoms with Crippen molar-refractivity contribution in [2.24, 2.45) is 10.7 Å². The van der Waals surface area contributed by atoms with Gasteiger partial charge in [-0.1, -0.05) is 24.3 Å². The number of rotatable bonds is 7. The number of guanidine groups is 1. The number of methoxy groups -OCH3 is 1. The quantitative estimate of drug-likeness (QED) is 0.202. The first-order chi connectivity index (χ1) is 18.7. The summed E-state index contributed by atoms with van der Waals surface area (Å²) in [7, 11) is 1.56. The molecule has 0 radical (unpaired) electrons. The van der Waals surface area contributed by atoms with Gasteiger partial charge in [0.25, 0.3) is 11.8 Å². The van der Waals surface area contributed by atoms with Gasteiger partial charge in [0.15, 0.2) is 0 Å². The predicted octanol–water partition coefficient (Wildman–Crippen LogP) is 6.04. The fraction of sp³-hybridized carbons (Fsp3) is 0.129. The molecule has 0 unspecified atom stereocenters. The van der Waals surface area contributed by atoms with Crippen molar-refractivity contribution in [1.82, 2.24) is 5.32 Å². The SMILES string of the molecule is COc1cc(C(=O)NC(N)=Nc2ccc(C)c(NC(=O)c3ccc(Oc4ccccc4)cc3)c2)cc(C)c1C. The number of benzene rings is 4. The van der Waals surface area contributed by atoms with Gasteiger partial charge in [-0.25, -0.2) is 4.99 Å². The Balaban J connectivity index is 1.43. The number of anilines is 1. The Kier molecular flexibility index (Phi) is 8.26. The molecule has 0 heterocycles. The van der Waals surface area contributed by atoms with Crippen LogP contribution in [0.4, 0.5) is 11.4 Å². The van der Waals surface area contributed by atoms with Crippen LogP contribution in [0.15, 0.2) is 89.9 Å². The average Bonchev–Trinajstić information content (AvgIpc) is 2.92. The van der Waals surface area contributed by atoms with Crippen LogP contribution in [0.5, 0.6) is 17.2 Å². The van der Waals surface area contributed by atoms with E-state index < -0.39 is 5.91 Å². The summed E-state index contributed by atoms with van der Waals surface area (Å²) in [5, 5.41) is 5.51. The van der Waals surface area contributed by atoms with Gasteiger partial charge in [0, 0.05) is 16.8 Å². The zero-order valence-electron chi connectivity index (χ0n) is 22.2. The molecule has 4 aromatic rings. The summed E-state index contributed by atoms with van der Waals surface area (Å²) in [5.41, 5.74) is 10.7. The lowest BCUT2D eigenvalue weighted by Crippen LogP contribution is -2.36. The zero-order chi connectivity index (χ0) is 27.9. The second-order valence-electron chi connectivity index (χ2n) is 8.96. The van der Waals surface area contributed by atoms with Crippen LogP contribution in [0, 0.1) is 20.8 Å². The topological polar surface area (TPSA) is 115 Å². The normalized spacial score (nSPS) is 11.0. The molecular weight excluding hydrogens is 492 g/mol. The minimum absolute atomic E-state index is 0.0765. The van der Waals surface area contributed by atoms with Gasteiger partial charge in [0.2, 0.25) is 5.96 Å². The molecule has 0 saturated carbocycles. The molecule has 0 bridgehead atoms. The largest absolute Gasteiger partial charge is 0.496 e. The molecule has 0 atom stereocenters. The van der Waals surface area contributed by atoms with Gasteiger partial charge in [-0.15, -0.1) is 0 Å². The minimum atomic E-state index is -0.405. The van der Waals surface area contributed by atoms with Crippen molar-refractivity contribution in [3.63, 3.8) is 0 Å². The van der Waals surface area contributed by atoms with Crippen LogP contribution in [-0.2, 0) is 0 Å². The summed E-state index contributed by atoms with van der Waals surface area (Å²) >= 11 is 0. The van der Waals surface area contributed by atoms with Gasteiger partial charge < -0.3 is 20.5 Å². The van der Waals surface area contributed by atoms with Crippen LogP contribution in [0.2, 0.25) is 0 Å². The summed E-state index contributed by atoms with van der Waals surface area (Å²) in [6.07, 6.45) is 0. The van der Waals surface area contributed by atoms with Crippen LogP contribution in [0.3, 0.4) is 0 Å². The number of hydrogen-bond acceptors (Lipinski definition) is 5. The van der Waals surface area contributed by atoms with Crippen molar-refractivity contribution in [2.75, 3.05) is 12.4 Å². The third-order valence-corrected chi connectivity index (χ3v) is 6.16. The first-order valence-electron chi connectivity index (χ1n) is 12.3. The van der Waals surface area contributed by atoms with E-state index in [-0.39, 0.29) is 11.9 Å². The van der Waals surface area contributed by atoms with E-state index in [0.29, 0.717) is 39.8 Å². The van der Waals surface area contributed by atoms with Crippen LogP contribution in [0.1, 0.15) is 37.4 Å². The van der Waals surface area contributed by atoms with Gasteiger partial charge in [-0.2, -0.15) is 0 Å². The molecule has 39 heavy (non-hydrogen) atoms. The number of ether oxygens (including phenoxy) is 2. The van der Waals surface area contributed by atoms with Crippen molar-refractivity contribution in [3.8, 4) is 17.2 Å². The molecule has 0 aromatic heterocycles. The molecule has 0 aliphatic rings. The van der Waals surface area contributed by atoms with Gasteiger partial charge in [-0.05, 0) is 98.1 Å². The van der Waals surface area contributed by atoms with E-state index in [0.717, 1.165) is 16.7 Å². The third kappa shape index (κ3) is 6.81. The fourth-order valence-electron chi connectivity index (χ4n) is 3.83. The van der Waals surface area contributed by atoms with E-state index in [1.165, 1.54) is 0 Å². The molecule has 0 aliphatic carbocycles. The zero-order valence-corrected chi connectivity index (χ0v) is 22.2. The Labute approximate surface area is 227 Å². The lowest BCUT2D eigenvalue weighted by Gasteiger charge is -2.12. The van der Waals surface area contributed by atoms with Crippen molar-refractivity contribution in [2.45, 2.75) is 20.8 Å². The Morgan fingerprint density at radius 3 is 2.15 bits per heavy atom. The first kappa shape index (κ1) is 26.9. The maximum absolute atomic E-state index is 12.9. The summed E-state index contributed by atoms with van der Waals surface area (Å²) in [4.78, 5) is 29.9. The highest BCUT2D eigenvalue weighted by Crippen LogP contribution is 2.25. The average molecular weight is 523 g/mol. The molecular formula is C31H30N4O4. The molecule has 0 spiro atoms. The first-order valence-corrected chi connectivity index (χ1v) is 12.3. The molecule has 0 fully saturated rings. The summed E-state index contributed by atoms with van der Waals surface area (Å²) in [6, 6.07) is 25.0. The number of amides is 2. The number of aryl methyl sites for hydroxylation is 2. The molecule has 4 aromatic carbocycles. The highest BCUT2D eigenvalue weighted by atomic mass is 16.5. The van der Waals surface area contributed by atoms with E-state index in [9.17, 15) is 9.59 Å². The van der Waals surface area contributed by atoms with Crippen molar-refractivity contribution < 1.29 is 19.1 Å². The highest BCUT2D eigenvalue weighted by molar-refractivity contribution is 6.07. The summed E-state index contributed by atoms with van der Waals surface area (Å²) in [5.74, 6) is 1.20. The van der Waals surface area contributed by atoms with E-state index in [4.69, 9.17) is 15.2 Å². The van der Waals surface area contributed by atoms with Crippen LogP contribution < -0.4 is 25.8 Å². The lowest BCUT2D eigenvalue weighted by atomic mass is 10.0. The smallest absolute Gasteiger partial charge is 0.258 e. The van der Waals surface area contributed by atoms with Crippen molar-refractivity contribution in [1.29, 1.82) is 0 Å². The van der Waals surface area contributed by atoms with E-state index in [2.05, 4.69) is 15.6 Å². The van der Waals surface area contributed by atoms with Gasteiger partial charge >= 0.3 is 0 Å². The van der Waals surface area contributed by atoms with Crippen LogP contribution in [0.25, 0.3) is 0 Å². The molecule has 0 aliphatic heterocycles. The standard InChI is InChI=1S/C31H30N4O4/c1-19-10-13-24(33-31(32)35-30(37)23-16-20(2)21(3)28(17-23)38-4)18-27(19)34-29(36)22-11-14-26(15-12-22)39-25-8-6-5-7-9-25/h5-18H,1-4H3,(H,34,36)(H3,32,33,35,37). The molecule has 4 rings (SSSR count). The molecule has 8 nitrogen and oxygen atoms in total. The molecule has 4 N–H and O–H groups in total. The Hall–Kier alpha value is -5.11. The Morgan fingerprint density at radius 1 is 0.769 bits per heavy atom. The Morgan fingerprint density at radius 2 is 1.46 bits per heavy atom. The van der Waals surface area contributed by atoms with Gasteiger partial charge in [0.05, 0.1) is 12.8 Å². The van der Waals surface area contributed by atoms with Crippen LogP contribution in [-0.4, -0.2) is 24.9 Å². The van der Waals surface area contributed by atoms with Gasteiger partial charge in [0.1, 0.15) is 17.2 Å². The number of aliphatic imine (C=N–C) groups is 1. The second kappa shape index (κ2) is 12.0. The number of para-hydroxylation sites is 1. The fourth-order valence-corrected chi connectivity index (χ4v) is 3.83. The highest BCUT2D eigenvalue weighted by Gasteiger charge is 2.13. The van der Waals surface area contributed by atoms with E-state index >= 15 is 0 Å². The number of nitrogens with zero attached hydrogens (tertiary/aromatic N) is 1. The Bertz CT molecular complexity index is 1530. The summed E-state index contributed by atoms with van der Waals surface area (Å²) < 4.78 is 11.1. The monoisotopic (exact) mass is 522 g/mol. The maximum atomic E-state index is 12.9. The van der Waals surface area contributed by atoms with E-state index in [1.807, 2.05) is 57.2 Å². The molecule has 0 saturated heterocycles. The number of hydrogen-bond donors (Lipinski definition) is 3. The number of nitrogens with two attached hydrogens (primary N) is 1. The molecule has 2 amide bonds. The minimum Gasteiger partial charge on any atom is -0.496 e. The van der Waals surface area contributed by atoms with Gasteiger partial charge in [-0.3, -0.25) is 14.9 Å². The molecule has 8 heteroatoms. The van der Waals surface area contributed by atoms with Crippen LogP contribution >= 0.6 is 0 Å². The maximum Gasteiger partial charge on any atom is 0.258 e. The predicted molar refractivity (Wildman–Crippen MR) is 153 cm³/mol. The molecule has 198 valence electrons. The summed E-state index contributed by atoms with van der Waals surface area (Å²) in [6.45, 7) is 5.70. The number of carbonyl (C=O) groups is 2. The third-order valence-electron chi connectivity index (χ3n) is 6.16. The van der Waals surface area contributed by atoms with Crippen molar-refractivity contribution in [3.05, 3.63) is 113 Å². The number of nitrogens with one attached hydrogen (secondary N) is 2. The van der Waals surface area contributed by atoms with E-state index in [1.54, 1.807) is 55.6 Å². The van der Waals surface area contributed by atoms with Crippen molar-refractivity contribution >= 4 is 29.1 Å². The lowest BCUT2D eigenvalue weighted by molar-refractivity contribution is 0.0975. The second-order valence-corrected chi connectivity index (χ2v) is 8.96.